The number of nitrogens with two attached hydrogens (primary N) is 1. The van der Waals surface area contributed by atoms with Gasteiger partial charge < -0.3 is 5.73 Å². The number of sulfonamides is 1. The van der Waals surface area contributed by atoms with Crippen LogP contribution in [0.5, 0.6) is 0 Å². The predicted octanol–water partition coefficient (Wildman–Crippen LogP) is 1.25. The van der Waals surface area contributed by atoms with Crippen LogP contribution in [0.1, 0.15) is 25.3 Å². The quantitative estimate of drug-likeness (QED) is 0.858. The van der Waals surface area contributed by atoms with E-state index >= 15 is 0 Å². The summed E-state index contributed by atoms with van der Waals surface area (Å²) < 4.78 is 26.7. The van der Waals surface area contributed by atoms with Gasteiger partial charge in [-0.25, -0.2) is 8.42 Å². The number of likely N-dealkylation sites (N-methyl/N-ethyl adjacent to an activating group) is 2. The summed E-state index contributed by atoms with van der Waals surface area (Å²) >= 11 is 0. The van der Waals surface area contributed by atoms with Crippen LogP contribution in [0.15, 0.2) is 29.2 Å². The third-order valence-corrected chi connectivity index (χ3v) is 6.08. The highest BCUT2D eigenvalue weighted by atomic mass is 32.2. The summed E-state index contributed by atoms with van der Waals surface area (Å²) in [6, 6.07) is 7.15. The Morgan fingerprint density at radius 2 is 2.00 bits per heavy atom. The molecule has 6 heteroatoms. The smallest absolute Gasteiger partial charge is 0.242 e. The molecule has 1 aromatic rings. The summed E-state index contributed by atoms with van der Waals surface area (Å²) in [6.45, 7) is 5.14. The molecule has 2 rings (SSSR count). The zero-order chi connectivity index (χ0) is 15.5. The van der Waals surface area contributed by atoms with Crippen LogP contribution in [-0.4, -0.2) is 50.3 Å². The Balaban J connectivity index is 2.10. The molecule has 1 atom stereocenters. The molecule has 0 spiro atoms. The van der Waals surface area contributed by atoms with Crippen molar-refractivity contribution in [2.75, 3.05) is 26.7 Å². The molecule has 0 bridgehead atoms. The number of nitrogens with zero attached hydrogens (tertiary/aromatic N) is 2. The predicted molar refractivity (Wildman–Crippen MR) is 84.4 cm³/mol. The molecule has 0 radical (unpaired) electrons. The molecule has 1 unspecified atom stereocenters. The maximum atomic E-state index is 12.6. The molecule has 5 nitrogen and oxygen atoms in total. The van der Waals surface area contributed by atoms with Gasteiger partial charge in [0.05, 0.1) is 4.90 Å². The Labute approximate surface area is 127 Å². The number of rotatable bonds is 6. The van der Waals surface area contributed by atoms with E-state index in [0.29, 0.717) is 24.0 Å². The van der Waals surface area contributed by atoms with Crippen LogP contribution < -0.4 is 5.73 Å². The lowest BCUT2D eigenvalue weighted by Gasteiger charge is -2.27. The molecule has 0 saturated carbocycles. The van der Waals surface area contributed by atoms with E-state index in [1.807, 2.05) is 0 Å². The van der Waals surface area contributed by atoms with Crippen LogP contribution in [0.3, 0.4) is 0 Å². The topological polar surface area (TPSA) is 66.6 Å². The fourth-order valence-electron chi connectivity index (χ4n) is 2.89. The van der Waals surface area contributed by atoms with Gasteiger partial charge in [-0.2, -0.15) is 4.31 Å². The van der Waals surface area contributed by atoms with Gasteiger partial charge in [-0.15, -0.1) is 0 Å². The second-order valence-electron chi connectivity index (χ2n) is 5.56. The molecule has 2 N–H and O–H groups in total. The molecule has 1 aliphatic heterocycles. The van der Waals surface area contributed by atoms with Crippen LogP contribution >= 0.6 is 0 Å². The van der Waals surface area contributed by atoms with Gasteiger partial charge in [0.15, 0.2) is 0 Å². The van der Waals surface area contributed by atoms with Gasteiger partial charge in [0.25, 0.3) is 0 Å². The largest absolute Gasteiger partial charge is 0.326 e. The van der Waals surface area contributed by atoms with Crippen molar-refractivity contribution in [2.45, 2.75) is 37.2 Å². The Bertz CT molecular complexity index is 557. The van der Waals surface area contributed by atoms with Gasteiger partial charge in [0.2, 0.25) is 10.0 Å². The van der Waals surface area contributed by atoms with Crippen LogP contribution in [0.2, 0.25) is 0 Å². The van der Waals surface area contributed by atoms with Gasteiger partial charge in [0, 0.05) is 26.2 Å². The molecule has 21 heavy (non-hydrogen) atoms. The van der Waals surface area contributed by atoms with Gasteiger partial charge >= 0.3 is 0 Å². The summed E-state index contributed by atoms with van der Waals surface area (Å²) in [7, 11) is -1.75. The first-order valence-corrected chi connectivity index (χ1v) is 8.92. The Hall–Kier alpha value is -0.950. The standard InChI is InChI=1S/C15H25N3O2S/c1-3-18-10-4-5-14(18)12-17(2)21(19,20)15-8-6-13(11-16)7-9-15/h6-9,14H,3-5,10-12,16H2,1-2H3. The van der Waals surface area contributed by atoms with E-state index in [4.69, 9.17) is 5.73 Å². The minimum absolute atomic E-state index is 0.332. The number of likely N-dealkylation sites (tertiary alicyclic amines) is 1. The monoisotopic (exact) mass is 311 g/mol. The average Bonchev–Trinajstić information content (AvgIpc) is 2.94. The Morgan fingerprint density at radius 1 is 1.33 bits per heavy atom. The summed E-state index contributed by atoms with van der Waals surface area (Å²) in [5.41, 5.74) is 6.48. The van der Waals surface area contributed by atoms with Crippen molar-refractivity contribution in [1.29, 1.82) is 0 Å². The van der Waals surface area contributed by atoms with Gasteiger partial charge in [-0.3, -0.25) is 4.90 Å². The van der Waals surface area contributed by atoms with E-state index in [0.717, 1.165) is 31.5 Å². The fraction of sp³-hybridized carbons (Fsp3) is 0.600. The maximum Gasteiger partial charge on any atom is 0.242 e. The molecule has 1 fully saturated rings. The van der Waals surface area contributed by atoms with Crippen molar-refractivity contribution in [2.24, 2.45) is 5.73 Å². The zero-order valence-electron chi connectivity index (χ0n) is 12.8. The lowest BCUT2D eigenvalue weighted by atomic mass is 10.2. The Kier molecular flexibility index (Phi) is 5.37. The molecular formula is C15H25N3O2S. The first-order chi connectivity index (χ1) is 9.98. The average molecular weight is 311 g/mol. The molecule has 118 valence electrons. The van der Waals surface area contributed by atoms with E-state index in [1.54, 1.807) is 31.3 Å². The highest BCUT2D eigenvalue weighted by Crippen LogP contribution is 2.21. The zero-order valence-corrected chi connectivity index (χ0v) is 13.6. The first-order valence-electron chi connectivity index (χ1n) is 7.48. The molecule has 1 aliphatic rings. The minimum atomic E-state index is -3.42. The number of hydrogen-bond donors (Lipinski definition) is 1. The summed E-state index contributed by atoms with van der Waals surface area (Å²) in [5.74, 6) is 0. The fourth-order valence-corrected chi connectivity index (χ4v) is 4.10. The minimum Gasteiger partial charge on any atom is -0.326 e. The summed E-state index contributed by atoms with van der Waals surface area (Å²) in [4.78, 5) is 2.69. The normalized spacial score (nSPS) is 20.3. The molecule has 1 aromatic carbocycles. The van der Waals surface area contributed by atoms with Crippen molar-refractivity contribution in [3.05, 3.63) is 29.8 Å². The molecule has 1 saturated heterocycles. The van der Waals surface area contributed by atoms with E-state index in [9.17, 15) is 8.42 Å². The van der Waals surface area contributed by atoms with E-state index < -0.39 is 10.0 Å². The molecule has 0 aliphatic carbocycles. The van der Waals surface area contributed by atoms with Crippen LogP contribution in [-0.2, 0) is 16.6 Å². The third-order valence-electron chi connectivity index (χ3n) is 4.24. The van der Waals surface area contributed by atoms with Crippen LogP contribution in [0.4, 0.5) is 0 Å². The SMILES string of the molecule is CCN1CCCC1CN(C)S(=O)(=O)c1ccc(CN)cc1. The van der Waals surface area contributed by atoms with Gasteiger partial charge in [-0.1, -0.05) is 19.1 Å². The molecule has 0 amide bonds. The first kappa shape index (κ1) is 16.4. The second kappa shape index (κ2) is 6.87. The van der Waals surface area contributed by atoms with E-state index in [2.05, 4.69) is 11.8 Å². The Morgan fingerprint density at radius 3 is 2.57 bits per heavy atom. The maximum absolute atomic E-state index is 12.6. The van der Waals surface area contributed by atoms with E-state index in [-0.39, 0.29) is 0 Å². The van der Waals surface area contributed by atoms with Crippen molar-refractivity contribution >= 4 is 10.0 Å². The molecule has 1 heterocycles. The molecular weight excluding hydrogens is 286 g/mol. The number of hydrogen-bond acceptors (Lipinski definition) is 4. The van der Waals surface area contributed by atoms with E-state index in [1.165, 1.54) is 4.31 Å². The van der Waals surface area contributed by atoms with Crippen molar-refractivity contribution in [3.8, 4) is 0 Å². The van der Waals surface area contributed by atoms with Crippen LogP contribution in [0.25, 0.3) is 0 Å². The van der Waals surface area contributed by atoms with Gasteiger partial charge in [0.1, 0.15) is 0 Å². The lowest BCUT2D eigenvalue weighted by Crippen LogP contribution is -2.41. The second-order valence-corrected chi connectivity index (χ2v) is 7.60. The third kappa shape index (κ3) is 3.63. The highest BCUT2D eigenvalue weighted by Gasteiger charge is 2.29. The summed E-state index contributed by atoms with van der Waals surface area (Å²) in [5, 5.41) is 0. The van der Waals surface area contributed by atoms with Crippen molar-refractivity contribution in [3.63, 3.8) is 0 Å². The van der Waals surface area contributed by atoms with Crippen LogP contribution in [0, 0.1) is 0 Å². The lowest BCUT2D eigenvalue weighted by molar-refractivity contribution is 0.237. The van der Waals surface area contributed by atoms with Crippen molar-refractivity contribution in [1.82, 2.24) is 9.21 Å². The summed E-state index contributed by atoms with van der Waals surface area (Å²) in [6.07, 6.45) is 2.22. The van der Waals surface area contributed by atoms with Crippen molar-refractivity contribution < 1.29 is 8.42 Å². The highest BCUT2D eigenvalue weighted by molar-refractivity contribution is 7.89. The van der Waals surface area contributed by atoms with Gasteiger partial charge in [-0.05, 0) is 43.6 Å². The molecule has 0 aromatic heterocycles. The number of benzene rings is 1.